The Labute approximate surface area is 125 Å². The standard InChI is InChI=1S/C13H14ClN3O2S/c1-13(2)18-8-5-20-12(9(8)19-13)17-4-3-7-10(14)15-6-16-11(7)17/h3-4,6,8-9,12H,5H2,1-2H3/t8-,9-,12-/m1/s1. The molecule has 20 heavy (non-hydrogen) atoms. The lowest BCUT2D eigenvalue weighted by Crippen LogP contribution is -2.26. The van der Waals surface area contributed by atoms with Gasteiger partial charge < -0.3 is 14.0 Å². The minimum Gasteiger partial charge on any atom is -0.344 e. The number of aromatic nitrogens is 3. The molecule has 106 valence electrons. The molecular formula is C13H14ClN3O2S. The van der Waals surface area contributed by atoms with Crippen molar-refractivity contribution in [1.29, 1.82) is 0 Å². The van der Waals surface area contributed by atoms with Gasteiger partial charge in [0.1, 0.15) is 28.6 Å². The van der Waals surface area contributed by atoms with Crippen LogP contribution >= 0.6 is 23.4 Å². The maximum atomic E-state index is 6.11. The molecule has 5 nitrogen and oxygen atoms in total. The summed E-state index contributed by atoms with van der Waals surface area (Å²) in [6.07, 6.45) is 3.67. The molecule has 7 heteroatoms. The molecule has 2 saturated heterocycles. The lowest BCUT2D eigenvalue weighted by molar-refractivity contribution is -0.146. The molecule has 0 unspecified atom stereocenters. The van der Waals surface area contributed by atoms with Crippen LogP contribution in [0.2, 0.25) is 5.15 Å². The molecule has 0 spiro atoms. The highest BCUT2D eigenvalue weighted by Crippen LogP contribution is 2.47. The highest BCUT2D eigenvalue weighted by atomic mass is 35.5. The fourth-order valence-corrected chi connectivity index (χ4v) is 4.49. The van der Waals surface area contributed by atoms with Gasteiger partial charge in [0.2, 0.25) is 0 Å². The van der Waals surface area contributed by atoms with Gasteiger partial charge in [-0.2, -0.15) is 0 Å². The van der Waals surface area contributed by atoms with Gasteiger partial charge in [-0.15, -0.1) is 11.8 Å². The van der Waals surface area contributed by atoms with Crippen LogP contribution in [0.15, 0.2) is 18.6 Å². The first-order valence-electron chi connectivity index (χ1n) is 6.49. The van der Waals surface area contributed by atoms with Crippen molar-refractivity contribution in [3.8, 4) is 0 Å². The third-order valence-electron chi connectivity index (χ3n) is 3.67. The third-order valence-corrected chi connectivity index (χ3v) is 5.33. The van der Waals surface area contributed by atoms with Crippen LogP contribution in [0.25, 0.3) is 11.0 Å². The highest BCUT2D eigenvalue weighted by molar-refractivity contribution is 7.99. The highest BCUT2D eigenvalue weighted by Gasteiger charge is 2.50. The number of rotatable bonds is 1. The first-order valence-corrected chi connectivity index (χ1v) is 7.92. The summed E-state index contributed by atoms with van der Waals surface area (Å²) in [5.41, 5.74) is 0.844. The number of thioether (sulfide) groups is 1. The molecule has 2 aliphatic heterocycles. The lowest BCUT2D eigenvalue weighted by atomic mass is 10.2. The molecule has 2 fully saturated rings. The Morgan fingerprint density at radius 2 is 2.25 bits per heavy atom. The SMILES string of the molecule is CC1(C)O[C@H]2[C@H](n3ccc4c(Cl)ncnc43)SC[C@H]2O1. The van der Waals surface area contributed by atoms with Gasteiger partial charge in [0.25, 0.3) is 0 Å². The van der Waals surface area contributed by atoms with Crippen molar-refractivity contribution in [2.75, 3.05) is 5.75 Å². The number of ether oxygens (including phenoxy) is 2. The average molecular weight is 312 g/mol. The molecule has 2 aromatic rings. The van der Waals surface area contributed by atoms with Gasteiger partial charge >= 0.3 is 0 Å². The summed E-state index contributed by atoms with van der Waals surface area (Å²) in [6.45, 7) is 3.92. The van der Waals surface area contributed by atoms with Crippen molar-refractivity contribution in [1.82, 2.24) is 14.5 Å². The van der Waals surface area contributed by atoms with E-state index in [0.29, 0.717) is 5.15 Å². The number of halogens is 1. The Balaban J connectivity index is 1.75. The van der Waals surface area contributed by atoms with Crippen LogP contribution in [0.1, 0.15) is 19.2 Å². The Hall–Kier alpha value is -0.820. The molecule has 2 aromatic heterocycles. The van der Waals surface area contributed by atoms with Crippen molar-refractivity contribution in [3.63, 3.8) is 0 Å². The monoisotopic (exact) mass is 311 g/mol. The molecule has 0 amide bonds. The maximum absolute atomic E-state index is 6.11. The van der Waals surface area contributed by atoms with Gasteiger partial charge in [0, 0.05) is 11.9 Å². The molecule has 0 aliphatic carbocycles. The van der Waals surface area contributed by atoms with E-state index in [1.807, 2.05) is 37.9 Å². The van der Waals surface area contributed by atoms with Crippen LogP contribution < -0.4 is 0 Å². The van der Waals surface area contributed by atoms with E-state index in [2.05, 4.69) is 14.5 Å². The normalized spacial score (nSPS) is 31.9. The molecule has 4 heterocycles. The summed E-state index contributed by atoms with van der Waals surface area (Å²) in [6, 6.07) is 1.95. The number of fused-ring (bicyclic) bond motifs is 2. The van der Waals surface area contributed by atoms with Crippen molar-refractivity contribution < 1.29 is 9.47 Å². The summed E-state index contributed by atoms with van der Waals surface area (Å²) >= 11 is 7.93. The Bertz CT molecular complexity index is 675. The van der Waals surface area contributed by atoms with Crippen LogP contribution in [-0.4, -0.2) is 38.3 Å². The lowest BCUT2D eigenvalue weighted by Gasteiger charge is -2.22. The minimum absolute atomic E-state index is 0.0411. The summed E-state index contributed by atoms with van der Waals surface area (Å²) in [5.74, 6) is 0.418. The molecule has 2 aliphatic rings. The Morgan fingerprint density at radius 3 is 3.10 bits per heavy atom. The molecule has 0 N–H and O–H groups in total. The second kappa shape index (κ2) is 4.34. The maximum Gasteiger partial charge on any atom is 0.163 e. The van der Waals surface area contributed by atoms with Crippen molar-refractivity contribution in [3.05, 3.63) is 23.7 Å². The van der Waals surface area contributed by atoms with Crippen LogP contribution in [0, 0.1) is 0 Å². The van der Waals surface area contributed by atoms with Gasteiger partial charge in [-0.1, -0.05) is 11.6 Å². The van der Waals surface area contributed by atoms with Gasteiger partial charge in [0.05, 0.1) is 11.5 Å². The van der Waals surface area contributed by atoms with Crippen molar-refractivity contribution >= 4 is 34.4 Å². The smallest absolute Gasteiger partial charge is 0.163 e. The quantitative estimate of drug-likeness (QED) is 0.758. The molecule has 4 rings (SSSR count). The molecule has 0 saturated carbocycles. The van der Waals surface area contributed by atoms with Crippen LogP contribution in [-0.2, 0) is 9.47 Å². The zero-order valence-electron chi connectivity index (χ0n) is 11.1. The van der Waals surface area contributed by atoms with Gasteiger partial charge in [-0.05, 0) is 19.9 Å². The first-order chi connectivity index (χ1) is 9.55. The Morgan fingerprint density at radius 1 is 1.40 bits per heavy atom. The van der Waals surface area contributed by atoms with Crippen molar-refractivity contribution in [2.24, 2.45) is 0 Å². The zero-order chi connectivity index (χ0) is 13.9. The van der Waals surface area contributed by atoms with E-state index in [-0.39, 0.29) is 17.6 Å². The van der Waals surface area contributed by atoms with Crippen molar-refractivity contribution in [2.45, 2.75) is 37.2 Å². The molecule has 0 aromatic carbocycles. The second-order valence-corrected chi connectivity index (χ2v) is 6.99. The molecule has 3 atom stereocenters. The van der Waals surface area contributed by atoms with Crippen LogP contribution in [0.5, 0.6) is 0 Å². The minimum atomic E-state index is -0.510. The summed E-state index contributed by atoms with van der Waals surface area (Å²) in [5, 5.41) is 1.51. The average Bonchev–Trinajstić information content (AvgIpc) is 3.01. The molecule has 0 bridgehead atoms. The van der Waals surface area contributed by atoms with E-state index in [4.69, 9.17) is 21.1 Å². The Kier molecular flexibility index (Phi) is 2.79. The molecular weight excluding hydrogens is 298 g/mol. The second-order valence-electron chi connectivity index (χ2n) is 5.49. The largest absolute Gasteiger partial charge is 0.344 e. The summed E-state index contributed by atoms with van der Waals surface area (Å²) < 4.78 is 14.1. The molecule has 0 radical (unpaired) electrons. The van der Waals surface area contributed by atoms with E-state index in [1.165, 1.54) is 6.33 Å². The topological polar surface area (TPSA) is 49.2 Å². The van der Waals surface area contributed by atoms with E-state index >= 15 is 0 Å². The van der Waals surface area contributed by atoms with Gasteiger partial charge in [0.15, 0.2) is 5.79 Å². The van der Waals surface area contributed by atoms with Gasteiger partial charge in [-0.25, -0.2) is 9.97 Å². The number of nitrogens with zero attached hydrogens (tertiary/aromatic N) is 3. The predicted molar refractivity (Wildman–Crippen MR) is 77.9 cm³/mol. The predicted octanol–water partition coefficient (Wildman–Crippen LogP) is 2.85. The van der Waals surface area contributed by atoms with Crippen LogP contribution in [0.4, 0.5) is 0 Å². The van der Waals surface area contributed by atoms with Crippen LogP contribution in [0.3, 0.4) is 0 Å². The number of hydrogen-bond donors (Lipinski definition) is 0. The zero-order valence-corrected chi connectivity index (χ0v) is 12.7. The number of hydrogen-bond acceptors (Lipinski definition) is 5. The van der Waals surface area contributed by atoms with E-state index in [9.17, 15) is 0 Å². The third kappa shape index (κ3) is 1.86. The van der Waals surface area contributed by atoms with Gasteiger partial charge in [-0.3, -0.25) is 0 Å². The van der Waals surface area contributed by atoms with E-state index < -0.39 is 5.79 Å². The summed E-state index contributed by atoms with van der Waals surface area (Å²) in [4.78, 5) is 8.37. The first kappa shape index (κ1) is 12.9. The fourth-order valence-electron chi connectivity index (χ4n) is 2.91. The fraction of sp³-hybridized carbons (Fsp3) is 0.538. The van der Waals surface area contributed by atoms with E-state index in [1.54, 1.807) is 0 Å². The summed E-state index contributed by atoms with van der Waals surface area (Å²) in [7, 11) is 0. The van der Waals surface area contributed by atoms with E-state index in [0.717, 1.165) is 16.8 Å².